The first-order valence-electron chi connectivity index (χ1n) is 6.41. The zero-order valence-corrected chi connectivity index (χ0v) is 11.1. The quantitative estimate of drug-likeness (QED) is 0.797. The number of nitrogens with two attached hydrogens (primary N) is 1. The van der Waals surface area contributed by atoms with Crippen molar-refractivity contribution in [3.63, 3.8) is 0 Å². The molecule has 0 radical (unpaired) electrons. The highest BCUT2D eigenvalue weighted by Gasteiger charge is 2.34. The molecule has 2 aliphatic heterocycles. The molecule has 1 fully saturated rings. The predicted octanol–water partition coefficient (Wildman–Crippen LogP) is -0.299. The van der Waals surface area contributed by atoms with Crippen LogP contribution in [0.5, 0.6) is 0 Å². The maximum atomic E-state index is 11.5. The molecule has 1 aromatic heterocycles. The molecule has 0 bridgehead atoms. The molecule has 1 saturated heterocycles. The number of nitrogens with zero attached hydrogens (tertiary/aromatic N) is 3. The van der Waals surface area contributed by atoms with E-state index in [4.69, 9.17) is 5.73 Å². The first-order chi connectivity index (χ1) is 8.59. The smallest absolute Gasteiger partial charge is 0.151 e. The van der Waals surface area contributed by atoms with Gasteiger partial charge in [-0.15, -0.1) is 10.2 Å². The van der Waals surface area contributed by atoms with Crippen LogP contribution in [0.2, 0.25) is 0 Å². The lowest BCUT2D eigenvalue weighted by molar-refractivity contribution is 0.380. The summed E-state index contributed by atoms with van der Waals surface area (Å²) >= 11 is 0. The van der Waals surface area contributed by atoms with Gasteiger partial charge in [0.15, 0.2) is 9.84 Å². The van der Waals surface area contributed by atoms with Crippen LogP contribution in [0.3, 0.4) is 0 Å². The Balaban J connectivity index is 1.86. The van der Waals surface area contributed by atoms with Crippen LogP contribution in [-0.4, -0.2) is 41.2 Å². The molecule has 7 heteroatoms. The van der Waals surface area contributed by atoms with Gasteiger partial charge in [-0.25, -0.2) is 8.42 Å². The Morgan fingerprint density at radius 1 is 1.33 bits per heavy atom. The van der Waals surface area contributed by atoms with Crippen LogP contribution in [0.1, 0.15) is 30.4 Å². The molecule has 0 aliphatic carbocycles. The van der Waals surface area contributed by atoms with Crippen molar-refractivity contribution < 1.29 is 8.42 Å². The zero-order valence-electron chi connectivity index (χ0n) is 10.2. The van der Waals surface area contributed by atoms with E-state index >= 15 is 0 Å². The molecule has 6 nitrogen and oxygen atoms in total. The van der Waals surface area contributed by atoms with Crippen LogP contribution in [0, 0.1) is 5.92 Å². The van der Waals surface area contributed by atoms with Gasteiger partial charge in [-0.05, 0) is 25.3 Å². The van der Waals surface area contributed by atoms with E-state index in [1.54, 1.807) is 0 Å². The molecular formula is C11H18N4O2S. The molecule has 0 aromatic carbocycles. The van der Waals surface area contributed by atoms with Crippen molar-refractivity contribution in [1.29, 1.82) is 0 Å². The summed E-state index contributed by atoms with van der Waals surface area (Å²) in [6, 6.07) is 0. The lowest BCUT2D eigenvalue weighted by Crippen LogP contribution is -2.26. The second-order valence-electron chi connectivity index (χ2n) is 5.32. The second kappa shape index (κ2) is 4.31. The van der Waals surface area contributed by atoms with Crippen LogP contribution < -0.4 is 5.73 Å². The Hall–Kier alpha value is -0.950. The van der Waals surface area contributed by atoms with Crippen molar-refractivity contribution in [2.24, 2.45) is 11.7 Å². The average molecular weight is 270 g/mol. The minimum Gasteiger partial charge on any atom is -0.330 e. The highest BCUT2D eigenvalue weighted by Crippen LogP contribution is 2.30. The van der Waals surface area contributed by atoms with Gasteiger partial charge in [0, 0.05) is 18.9 Å². The average Bonchev–Trinajstić information content (AvgIpc) is 2.91. The first kappa shape index (κ1) is 12.1. The number of rotatable bonds is 2. The van der Waals surface area contributed by atoms with E-state index in [-0.39, 0.29) is 17.4 Å². The molecular weight excluding hydrogens is 252 g/mol. The molecule has 2 N–H and O–H groups in total. The normalized spacial score (nSPS) is 30.3. The van der Waals surface area contributed by atoms with E-state index < -0.39 is 9.84 Å². The fourth-order valence-electron chi connectivity index (χ4n) is 2.92. The number of sulfone groups is 1. The van der Waals surface area contributed by atoms with Gasteiger partial charge in [-0.3, -0.25) is 0 Å². The highest BCUT2D eigenvalue weighted by molar-refractivity contribution is 7.91. The maximum absolute atomic E-state index is 11.5. The lowest BCUT2D eigenvalue weighted by atomic mass is 9.97. The van der Waals surface area contributed by atoms with Crippen LogP contribution in [0.25, 0.3) is 0 Å². The summed E-state index contributed by atoms with van der Waals surface area (Å²) in [5.41, 5.74) is 5.69. The summed E-state index contributed by atoms with van der Waals surface area (Å²) in [7, 11) is -2.86. The molecule has 3 heterocycles. The van der Waals surface area contributed by atoms with Gasteiger partial charge in [0.05, 0.1) is 11.5 Å². The minimum absolute atomic E-state index is 0.0330. The largest absolute Gasteiger partial charge is 0.330 e. The summed E-state index contributed by atoms with van der Waals surface area (Å²) in [4.78, 5) is 0. The van der Waals surface area contributed by atoms with Gasteiger partial charge < -0.3 is 10.3 Å². The van der Waals surface area contributed by atoms with Gasteiger partial charge in [0.25, 0.3) is 0 Å². The SMILES string of the molecule is NCC1CCn2c(nnc2C2CCS(=O)(=O)C2)C1. The van der Waals surface area contributed by atoms with Gasteiger partial charge in [-0.2, -0.15) is 0 Å². The van der Waals surface area contributed by atoms with Gasteiger partial charge >= 0.3 is 0 Å². The van der Waals surface area contributed by atoms with Crippen LogP contribution in [-0.2, 0) is 22.8 Å². The minimum atomic E-state index is -2.86. The fraction of sp³-hybridized carbons (Fsp3) is 0.818. The number of fused-ring (bicyclic) bond motifs is 1. The molecule has 2 aliphatic rings. The monoisotopic (exact) mass is 270 g/mol. The van der Waals surface area contributed by atoms with E-state index in [2.05, 4.69) is 14.8 Å². The van der Waals surface area contributed by atoms with Crippen molar-refractivity contribution >= 4 is 9.84 Å². The van der Waals surface area contributed by atoms with Crippen molar-refractivity contribution in [2.45, 2.75) is 31.7 Å². The Labute approximate surface area is 106 Å². The standard InChI is InChI=1S/C11H18N4O2S/c12-6-8-1-3-15-10(5-8)13-14-11(15)9-2-4-18(16,17)7-9/h8-9H,1-7,12H2. The molecule has 2 atom stereocenters. The Morgan fingerprint density at radius 2 is 2.17 bits per heavy atom. The zero-order chi connectivity index (χ0) is 12.8. The molecule has 0 amide bonds. The Morgan fingerprint density at radius 3 is 2.83 bits per heavy atom. The van der Waals surface area contributed by atoms with Crippen LogP contribution in [0.15, 0.2) is 0 Å². The molecule has 2 unspecified atom stereocenters. The summed E-state index contributed by atoms with van der Waals surface area (Å²) in [6.45, 7) is 1.55. The van der Waals surface area contributed by atoms with Crippen molar-refractivity contribution in [1.82, 2.24) is 14.8 Å². The molecule has 18 heavy (non-hydrogen) atoms. The second-order valence-corrected chi connectivity index (χ2v) is 7.55. The predicted molar refractivity (Wildman–Crippen MR) is 66.9 cm³/mol. The van der Waals surface area contributed by atoms with E-state index in [9.17, 15) is 8.42 Å². The van der Waals surface area contributed by atoms with Gasteiger partial charge in [0.2, 0.25) is 0 Å². The van der Waals surface area contributed by atoms with Crippen LogP contribution >= 0.6 is 0 Å². The van der Waals surface area contributed by atoms with Gasteiger partial charge in [-0.1, -0.05) is 0 Å². The van der Waals surface area contributed by atoms with E-state index in [0.29, 0.717) is 18.9 Å². The first-order valence-corrected chi connectivity index (χ1v) is 8.23. The van der Waals surface area contributed by atoms with Crippen molar-refractivity contribution in [2.75, 3.05) is 18.1 Å². The Bertz CT molecular complexity index is 551. The van der Waals surface area contributed by atoms with E-state index in [1.165, 1.54) is 0 Å². The maximum Gasteiger partial charge on any atom is 0.151 e. The van der Waals surface area contributed by atoms with Crippen molar-refractivity contribution in [3.8, 4) is 0 Å². The highest BCUT2D eigenvalue weighted by atomic mass is 32.2. The molecule has 100 valence electrons. The lowest BCUT2D eigenvalue weighted by Gasteiger charge is -2.23. The molecule has 0 spiro atoms. The number of aromatic nitrogens is 3. The number of hydrogen-bond donors (Lipinski definition) is 1. The topological polar surface area (TPSA) is 90.9 Å². The Kier molecular flexibility index (Phi) is 2.90. The molecule has 3 rings (SSSR count). The molecule has 1 aromatic rings. The summed E-state index contributed by atoms with van der Waals surface area (Å²) in [5, 5.41) is 8.43. The third kappa shape index (κ3) is 2.05. The van der Waals surface area contributed by atoms with E-state index in [1.807, 2.05) is 0 Å². The van der Waals surface area contributed by atoms with E-state index in [0.717, 1.165) is 31.0 Å². The summed E-state index contributed by atoms with van der Waals surface area (Å²) < 4.78 is 25.2. The van der Waals surface area contributed by atoms with Gasteiger partial charge in [0.1, 0.15) is 11.6 Å². The fourth-order valence-corrected chi connectivity index (χ4v) is 4.66. The number of hydrogen-bond acceptors (Lipinski definition) is 5. The van der Waals surface area contributed by atoms with Crippen LogP contribution in [0.4, 0.5) is 0 Å². The third-order valence-corrected chi connectivity index (χ3v) is 5.79. The van der Waals surface area contributed by atoms with Crippen molar-refractivity contribution in [3.05, 3.63) is 11.6 Å². The summed E-state index contributed by atoms with van der Waals surface area (Å²) in [5.74, 6) is 2.86. The summed E-state index contributed by atoms with van der Waals surface area (Å²) in [6.07, 6.45) is 2.58. The molecule has 0 saturated carbocycles. The third-order valence-electron chi connectivity index (χ3n) is 4.02.